The fraction of sp³-hybridized carbons (Fsp3) is 0.462. The number of carbonyl (C=O) groups is 1. The van der Waals surface area contributed by atoms with Crippen LogP contribution in [0.1, 0.15) is 26.3 Å². The lowest BCUT2D eigenvalue weighted by atomic mass is 10.2. The van der Waals surface area contributed by atoms with Crippen molar-refractivity contribution in [3.63, 3.8) is 0 Å². The number of nitrogens with one attached hydrogen (secondary N) is 2. The molecule has 0 spiro atoms. The standard InChI is InChI=1S/C13H20N2O3/c1-13(2,3)18-12(17)15-10-7-9(8-14-4)5-6-11(10)16/h5-7,14,16H,8H2,1-4H3,(H,15,17). The maximum atomic E-state index is 11.6. The number of amides is 1. The van der Waals surface area contributed by atoms with E-state index in [0.717, 1.165) is 5.56 Å². The van der Waals surface area contributed by atoms with Gasteiger partial charge in [0.15, 0.2) is 0 Å². The molecule has 0 aliphatic rings. The Morgan fingerprint density at radius 2 is 2.06 bits per heavy atom. The third kappa shape index (κ3) is 4.63. The predicted octanol–water partition coefficient (Wildman–Crippen LogP) is 2.46. The molecule has 5 heteroatoms. The molecule has 0 fully saturated rings. The number of aromatic hydroxyl groups is 1. The summed E-state index contributed by atoms with van der Waals surface area (Å²) < 4.78 is 5.12. The molecule has 0 atom stereocenters. The summed E-state index contributed by atoms with van der Waals surface area (Å²) in [5.74, 6) is 0.0145. The molecule has 1 aromatic carbocycles. The number of ether oxygens (including phenoxy) is 1. The van der Waals surface area contributed by atoms with E-state index < -0.39 is 11.7 Å². The maximum absolute atomic E-state index is 11.6. The van der Waals surface area contributed by atoms with Gasteiger partial charge in [-0.15, -0.1) is 0 Å². The van der Waals surface area contributed by atoms with Gasteiger partial charge in [0, 0.05) is 6.54 Å². The van der Waals surface area contributed by atoms with Crippen molar-refractivity contribution >= 4 is 11.8 Å². The molecule has 0 unspecified atom stereocenters. The van der Waals surface area contributed by atoms with E-state index in [1.54, 1.807) is 39.0 Å². The third-order valence-corrected chi connectivity index (χ3v) is 2.08. The average Bonchev–Trinajstić information content (AvgIpc) is 2.20. The van der Waals surface area contributed by atoms with Crippen LogP contribution in [0.4, 0.5) is 10.5 Å². The zero-order valence-electron chi connectivity index (χ0n) is 11.2. The first-order valence-electron chi connectivity index (χ1n) is 5.78. The van der Waals surface area contributed by atoms with Gasteiger partial charge in [0.05, 0.1) is 5.69 Å². The molecule has 0 saturated heterocycles. The molecule has 0 aliphatic heterocycles. The first-order valence-corrected chi connectivity index (χ1v) is 5.78. The lowest BCUT2D eigenvalue weighted by Gasteiger charge is -2.20. The summed E-state index contributed by atoms with van der Waals surface area (Å²) >= 11 is 0. The second kappa shape index (κ2) is 5.73. The Bertz CT molecular complexity index is 425. The number of carbonyl (C=O) groups excluding carboxylic acids is 1. The molecule has 5 nitrogen and oxygen atoms in total. The topological polar surface area (TPSA) is 70.6 Å². The van der Waals surface area contributed by atoms with Crippen molar-refractivity contribution in [1.29, 1.82) is 0 Å². The molecule has 18 heavy (non-hydrogen) atoms. The van der Waals surface area contributed by atoms with Crippen LogP contribution in [0.5, 0.6) is 5.75 Å². The van der Waals surface area contributed by atoms with Crippen LogP contribution in [-0.4, -0.2) is 23.8 Å². The molecule has 0 aliphatic carbocycles. The van der Waals surface area contributed by atoms with Gasteiger partial charge in [0.1, 0.15) is 11.4 Å². The fourth-order valence-electron chi connectivity index (χ4n) is 1.41. The van der Waals surface area contributed by atoms with E-state index in [9.17, 15) is 9.90 Å². The summed E-state index contributed by atoms with van der Waals surface area (Å²) in [5, 5.41) is 15.2. The van der Waals surface area contributed by atoms with Crippen LogP contribution >= 0.6 is 0 Å². The van der Waals surface area contributed by atoms with Gasteiger partial charge in [-0.2, -0.15) is 0 Å². The first-order chi connectivity index (χ1) is 8.31. The Balaban J connectivity index is 2.77. The summed E-state index contributed by atoms with van der Waals surface area (Å²) in [6.07, 6.45) is -0.584. The quantitative estimate of drug-likeness (QED) is 0.723. The smallest absolute Gasteiger partial charge is 0.412 e. The van der Waals surface area contributed by atoms with Crippen LogP contribution in [0, 0.1) is 0 Å². The summed E-state index contributed by atoms with van der Waals surface area (Å²) in [6, 6.07) is 5.03. The fourth-order valence-corrected chi connectivity index (χ4v) is 1.41. The zero-order chi connectivity index (χ0) is 13.8. The second-order valence-corrected chi connectivity index (χ2v) is 5.01. The van der Waals surface area contributed by atoms with Crippen molar-refractivity contribution in [2.75, 3.05) is 12.4 Å². The highest BCUT2D eigenvalue weighted by Gasteiger charge is 2.17. The van der Waals surface area contributed by atoms with E-state index in [2.05, 4.69) is 10.6 Å². The molecule has 0 heterocycles. The van der Waals surface area contributed by atoms with Crippen LogP contribution in [0.25, 0.3) is 0 Å². The van der Waals surface area contributed by atoms with Crippen molar-refractivity contribution in [3.8, 4) is 5.75 Å². The molecule has 0 saturated carbocycles. The van der Waals surface area contributed by atoms with Gasteiger partial charge in [-0.3, -0.25) is 5.32 Å². The van der Waals surface area contributed by atoms with Crippen LogP contribution in [-0.2, 0) is 11.3 Å². The van der Waals surface area contributed by atoms with Gasteiger partial charge >= 0.3 is 6.09 Å². The molecule has 0 radical (unpaired) electrons. The normalized spacial score (nSPS) is 11.1. The Kier molecular flexibility index (Phi) is 4.55. The summed E-state index contributed by atoms with van der Waals surface area (Å²) in [7, 11) is 1.83. The van der Waals surface area contributed by atoms with Crippen molar-refractivity contribution in [2.24, 2.45) is 0 Å². The molecule has 1 rings (SSSR count). The number of hydrogen-bond acceptors (Lipinski definition) is 4. The molecule has 0 bridgehead atoms. The number of hydrogen-bond donors (Lipinski definition) is 3. The highest BCUT2D eigenvalue weighted by atomic mass is 16.6. The maximum Gasteiger partial charge on any atom is 0.412 e. The molecular formula is C13H20N2O3. The van der Waals surface area contributed by atoms with Gasteiger partial charge in [0.2, 0.25) is 0 Å². The minimum atomic E-state index is -0.584. The number of anilines is 1. The Morgan fingerprint density at radius 1 is 1.39 bits per heavy atom. The summed E-state index contributed by atoms with van der Waals surface area (Å²) in [4.78, 5) is 11.6. The van der Waals surface area contributed by atoms with Crippen molar-refractivity contribution in [2.45, 2.75) is 32.9 Å². The molecule has 1 aromatic rings. The van der Waals surface area contributed by atoms with Crippen LogP contribution in [0.3, 0.4) is 0 Å². The van der Waals surface area contributed by atoms with E-state index in [0.29, 0.717) is 12.2 Å². The number of phenolic OH excluding ortho intramolecular Hbond substituents is 1. The third-order valence-electron chi connectivity index (χ3n) is 2.08. The lowest BCUT2D eigenvalue weighted by molar-refractivity contribution is 0.0635. The summed E-state index contributed by atoms with van der Waals surface area (Å²) in [5.41, 5.74) is 0.737. The molecular weight excluding hydrogens is 232 g/mol. The number of phenols is 1. The Hall–Kier alpha value is -1.75. The highest BCUT2D eigenvalue weighted by molar-refractivity contribution is 5.87. The van der Waals surface area contributed by atoms with E-state index in [1.165, 1.54) is 0 Å². The Labute approximate surface area is 107 Å². The van der Waals surface area contributed by atoms with Crippen LogP contribution < -0.4 is 10.6 Å². The van der Waals surface area contributed by atoms with Crippen molar-refractivity contribution in [1.82, 2.24) is 5.32 Å². The second-order valence-electron chi connectivity index (χ2n) is 5.01. The van der Waals surface area contributed by atoms with Gasteiger partial charge in [-0.25, -0.2) is 4.79 Å². The van der Waals surface area contributed by atoms with Gasteiger partial charge in [0.25, 0.3) is 0 Å². The predicted molar refractivity (Wildman–Crippen MR) is 70.7 cm³/mol. The van der Waals surface area contributed by atoms with Crippen molar-refractivity contribution < 1.29 is 14.6 Å². The molecule has 1 amide bonds. The van der Waals surface area contributed by atoms with Crippen molar-refractivity contribution in [3.05, 3.63) is 23.8 Å². The van der Waals surface area contributed by atoms with Crippen LogP contribution in [0.2, 0.25) is 0 Å². The molecule has 100 valence electrons. The summed E-state index contributed by atoms with van der Waals surface area (Å²) in [6.45, 7) is 6.00. The minimum Gasteiger partial charge on any atom is -0.506 e. The van der Waals surface area contributed by atoms with E-state index in [1.807, 2.05) is 7.05 Å². The average molecular weight is 252 g/mol. The van der Waals surface area contributed by atoms with E-state index >= 15 is 0 Å². The highest BCUT2D eigenvalue weighted by Crippen LogP contribution is 2.24. The minimum absolute atomic E-state index is 0.0145. The van der Waals surface area contributed by atoms with Crippen LogP contribution in [0.15, 0.2) is 18.2 Å². The SMILES string of the molecule is CNCc1ccc(O)c(NC(=O)OC(C)(C)C)c1. The van der Waals surface area contributed by atoms with E-state index in [-0.39, 0.29) is 5.75 Å². The molecule has 0 aromatic heterocycles. The van der Waals surface area contributed by atoms with E-state index in [4.69, 9.17) is 4.74 Å². The zero-order valence-corrected chi connectivity index (χ0v) is 11.2. The largest absolute Gasteiger partial charge is 0.506 e. The van der Waals surface area contributed by atoms with Gasteiger partial charge < -0.3 is 15.2 Å². The Morgan fingerprint density at radius 3 is 2.61 bits per heavy atom. The first kappa shape index (κ1) is 14.3. The van der Waals surface area contributed by atoms with Gasteiger partial charge in [-0.1, -0.05) is 6.07 Å². The monoisotopic (exact) mass is 252 g/mol. The molecule has 3 N–H and O–H groups in total. The number of benzene rings is 1. The number of rotatable bonds is 3. The van der Waals surface area contributed by atoms with Gasteiger partial charge in [-0.05, 0) is 45.5 Å². The lowest BCUT2D eigenvalue weighted by Crippen LogP contribution is -2.27.